The van der Waals surface area contributed by atoms with E-state index in [1.54, 1.807) is 0 Å². The van der Waals surface area contributed by atoms with Crippen LogP contribution in [0, 0.1) is 11.8 Å². The number of rotatable bonds is 6. The maximum atomic E-state index is 12.6. The van der Waals surface area contributed by atoms with E-state index in [2.05, 4.69) is 41.4 Å². The summed E-state index contributed by atoms with van der Waals surface area (Å²) >= 11 is 0. The van der Waals surface area contributed by atoms with E-state index in [9.17, 15) is 4.79 Å². The second-order valence-corrected chi connectivity index (χ2v) is 7.07. The first-order valence-electron chi connectivity index (χ1n) is 9.77. The zero-order chi connectivity index (χ0) is 20.5. The molecule has 0 aliphatic heterocycles. The highest BCUT2D eigenvalue weighted by Crippen LogP contribution is 2.27. The SMILES string of the molecule is CN(C)c1ccccc1C#CCNC(=O)CC(c1ccccc1)c1ccccc1. The molecule has 0 fully saturated rings. The normalized spacial score (nSPS) is 10.2. The minimum atomic E-state index is -0.00194. The Hall–Kier alpha value is -3.51. The summed E-state index contributed by atoms with van der Waals surface area (Å²) in [6.07, 6.45) is 0.393. The largest absolute Gasteiger partial charge is 0.377 e. The van der Waals surface area contributed by atoms with Crippen LogP contribution >= 0.6 is 0 Å². The molecule has 0 saturated heterocycles. The van der Waals surface area contributed by atoms with Crippen LogP contribution in [-0.2, 0) is 4.79 Å². The quantitative estimate of drug-likeness (QED) is 0.639. The molecule has 0 aliphatic carbocycles. The number of nitrogens with one attached hydrogen (secondary N) is 1. The third-order valence-electron chi connectivity index (χ3n) is 4.78. The average molecular weight is 383 g/mol. The highest BCUT2D eigenvalue weighted by Gasteiger charge is 2.17. The molecule has 1 N–H and O–H groups in total. The van der Waals surface area contributed by atoms with E-state index in [4.69, 9.17) is 0 Å². The number of nitrogens with zero attached hydrogens (tertiary/aromatic N) is 1. The Labute approximate surface area is 173 Å². The van der Waals surface area contributed by atoms with Gasteiger partial charge in [0.1, 0.15) is 0 Å². The first-order chi connectivity index (χ1) is 14.1. The molecule has 0 unspecified atom stereocenters. The molecule has 29 heavy (non-hydrogen) atoms. The van der Waals surface area contributed by atoms with Crippen LogP contribution in [0.25, 0.3) is 0 Å². The van der Waals surface area contributed by atoms with E-state index in [1.165, 1.54) is 0 Å². The Balaban J connectivity index is 1.65. The predicted molar refractivity (Wildman–Crippen MR) is 120 cm³/mol. The van der Waals surface area contributed by atoms with Crippen molar-refractivity contribution in [2.75, 3.05) is 25.5 Å². The third-order valence-corrected chi connectivity index (χ3v) is 4.78. The number of benzene rings is 3. The minimum Gasteiger partial charge on any atom is -0.377 e. The molecular weight excluding hydrogens is 356 g/mol. The van der Waals surface area contributed by atoms with E-state index in [1.807, 2.05) is 79.7 Å². The first kappa shape index (κ1) is 20.2. The Morgan fingerprint density at radius 3 is 2.00 bits per heavy atom. The lowest BCUT2D eigenvalue weighted by molar-refractivity contribution is -0.121. The molecule has 3 aromatic rings. The van der Waals surface area contributed by atoms with Crippen LogP contribution in [-0.4, -0.2) is 26.5 Å². The molecule has 0 bridgehead atoms. The zero-order valence-corrected chi connectivity index (χ0v) is 16.9. The molecule has 0 radical (unpaired) electrons. The number of anilines is 1. The van der Waals surface area contributed by atoms with Crippen LogP contribution in [0.4, 0.5) is 5.69 Å². The van der Waals surface area contributed by atoms with Crippen molar-refractivity contribution in [2.24, 2.45) is 0 Å². The molecule has 3 nitrogen and oxygen atoms in total. The Morgan fingerprint density at radius 2 is 1.41 bits per heavy atom. The van der Waals surface area contributed by atoms with Crippen molar-refractivity contribution in [2.45, 2.75) is 12.3 Å². The third kappa shape index (κ3) is 5.73. The van der Waals surface area contributed by atoms with Crippen molar-refractivity contribution in [1.29, 1.82) is 0 Å². The number of hydrogen-bond acceptors (Lipinski definition) is 2. The van der Waals surface area contributed by atoms with Crippen LogP contribution < -0.4 is 10.2 Å². The minimum absolute atomic E-state index is 0.00194. The molecule has 0 aromatic heterocycles. The summed E-state index contributed by atoms with van der Waals surface area (Å²) in [6.45, 7) is 0.330. The maximum absolute atomic E-state index is 12.6. The smallest absolute Gasteiger partial charge is 0.221 e. The number of amides is 1. The van der Waals surface area contributed by atoms with Gasteiger partial charge in [0.2, 0.25) is 5.91 Å². The monoisotopic (exact) mass is 382 g/mol. The molecule has 3 rings (SSSR count). The highest BCUT2D eigenvalue weighted by atomic mass is 16.1. The van der Waals surface area contributed by atoms with E-state index in [0.29, 0.717) is 13.0 Å². The standard InChI is InChI=1S/C26H26N2O/c1-28(2)25-18-10-9-16-23(25)17-11-19-27-26(29)20-24(21-12-5-3-6-13-21)22-14-7-4-8-15-22/h3-10,12-16,18,24H,19-20H2,1-2H3,(H,27,29). The molecule has 146 valence electrons. The van der Waals surface area contributed by atoms with Crippen molar-refractivity contribution in [3.05, 3.63) is 102 Å². The molecular formula is C26H26N2O. The van der Waals surface area contributed by atoms with Gasteiger partial charge in [0.25, 0.3) is 0 Å². The van der Waals surface area contributed by atoms with Gasteiger partial charge in [-0.15, -0.1) is 0 Å². The molecule has 0 spiro atoms. The second kappa shape index (κ2) is 10.1. The van der Waals surface area contributed by atoms with Crippen LogP contribution in [0.2, 0.25) is 0 Å². The van der Waals surface area contributed by atoms with Gasteiger partial charge >= 0.3 is 0 Å². The van der Waals surface area contributed by atoms with Crippen molar-refractivity contribution in [3.8, 4) is 11.8 Å². The summed E-state index contributed by atoms with van der Waals surface area (Å²) < 4.78 is 0. The van der Waals surface area contributed by atoms with E-state index in [0.717, 1.165) is 22.4 Å². The van der Waals surface area contributed by atoms with Gasteiger partial charge in [-0.3, -0.25) is 4.79 Å². The Bertz CT molecular complexity index is 946. The maximum Gasteiger partial charge on any atom is 0.221 e. The van der Waals surface area contributed by atoms with Crippen LogP contribution in [0.1, 0.15) is 29.0 Å². The van der Waals surface area contributed by atoms with Gasteiger partial charge in [-0.2, -0.15) is 0 Å². The van der Waals surface area contributed by atoms with Gasteiger partial charge in [0.05, 0.1) is 12.2 Å². The number of carbonyl (C=O) groups excluding carboxylic acids is 1. The zero-order valence-electron chi connectivity index (χ0n) is 16.9. The Morgan fingerprint density at radius 1 is 0.862 bits per heavy atom. The van der Waals surface area contributed by atoms with E-state index >= 15 is 0 Å². The highest BCUT2D eigenvalue weighted by molar-refractivity contribution is 5.78. The lowest BCUT2D eigenvalue weighted by Gasteiger charge is -2.17. The summed E-state index contributed by atoms with van der Waals surface area (Å²) in [5, 5.41) is 2.95. The number of carbonyl (C=O) groups is 1. The fourth-order valence-electron chi connectivity index (χ4n) is 3.31. The van der Waals surface area contributed by atoms with Gasteiger partial charge in [-0.05, 0) is 23.3 Å². The predicted octanol–water partition coefficient (Wildman–Crippen LogP) is 4.44. The van der Waals surface area contributed by atoms with Crippen LogP contribution in [0.3, 0.4) is 0 Å². The van der Waals surface area contributed by atoms with Crippen molar-refractivity contribution < 1.29 is 4.79 Å². The Kier molecular flexibility index (Phi) is 7.08. The lowest BCUT2D eigenvalue weighted by Crippen LogP contribution is -2.25. The summed E-state index contributed by atoms with van der Waals surface area (Å²) in [5.41, 5.74) is 4.30. The van der Waals surface area contributed by atoms with Gasteiger partial charge in [-0.1, -0.05) is 84.6 Å². The molecule has 3 heteroatoms. The molecule has 1 amide bonds. The van der Waals surface area contributed by atoms with Gasteiger partial charge < -0.3 is 10.2 Å². The molecule has 0 saturated carbocycles. The van der Waals surface area contributed by atoms with Gasteiger partial charge in [-0.25, -0.2) is 0 Å². The fourth-order valence-corrected chi connectivity index (χ4v) is 3.31. The van der Waals surface area contributed by atoms with Crippen molar-refractivity contribution >= 4 is 11.6 Å². The molecule has 0 atom stereocenters. The van der Waals surface area contributed by atoms with Crippen molar-refractivity contribution in [1.82, 2.24) is 5.32 Å². The van der Waals surface area contributed by atoms with Gasteiger partial charge in [0.15, 0.2) is 0 Å². The molecule has 0 aliphatic rings. The average Bonchev–Trinajstić information content (AvgIpc) is 2.76. The molecule has 0 heterocycles. The number of hydrogen-bond donors (Lipinski definition) is 1. The van der Waals surface area contributed by atoms with Crippen molar-refractivity contribution in [3.63, 3.8) is 0 Å². The second-order valence-electron chi connectivity index (χ2n) is 7.07. The summed E-state index contributed by atoms with van der Waals surface area (Å²) in [7, 11) is 3.99. The van der Waals surface area contributed by atoms with E-state index in [-0.39, 0.29) is 11.8 Å². The fraction of sp³-hybridized carbons (Fsp3) is 0.192. The van der Waals surface area contributed by atoms with E-state index < -0.39 is 0 Å². The summed E-state index contributed by atoms with van der Waals surface area (Å²) in [4.78, 5) is 14.6. The van der Waals surface area contributed by atoms with Gasteiger partial charge in [0, 0.05) is 32.0 Å². The summed E-state index contributed by atoms with van der Waals surface area (Å²) in [6, 6.07) is 28.3. The topological polar surface area (TPSA) is 32.3 Å². The lowest BCUT2D eigenvalue weighted by atomic mass is 9.88. The molecule has 3 aromatic carbocycles. The first-order valence-corrected chi connectivity index (χ1v) is 9.77. The number of para-hydroxylation sites is 1. The summed E-state index contributed by atoms with van der Waals surface area (Å²) in [5.74, 6) is 6.26. The van der Waals surface area contributed by atoms with Crippen LogP contribution in [0.15, 0.2) is 84.9 Å². The van der Waals surface area contributed by atoms with Crippen LogP contribution in [0.5, 0.6) is 0 Å².